The number of anilines is 1. The molecule has 0 bridgehead atoms. The van der Waals surface area contributed by atoms with Crippen molar-refractivity contribution in [2.45, 2.75) is 38.8 Å². The Morgan fingerprint density at radius 2 is 2.04 bits per heavy atom. The van der Waals surface area contributed by atoms with Crippen molar-refractivity contribution < 1.29 is 4.74 Å². The van der Waals surface area contributed by atoms with Crippen LogP contribution in [0.5, 0.6) is 5.75 Å². The van der Waals surface area contributed by atoms with Crippen LogP contribution in [0.3, 0.4) is 0 Å². The molecule has 0 saturated heterocycles. The fourth-order valence-corrected chi connectivity index (χ4v) is 3.51. The lowest BCUT2D eigenvalue weighted by Gasteiger charge is -2.34. The molecule has 2 N–H and O–H groups in total. The van der Waals surface area contributed by atoms with Crippen LogP contribution in [0.4, 0.5) is 5.69 Å². The summed E-state index contributed by atoms with van der Waals surface area (Å²) in [4.78, 5) is 2.47. The number of rotatable bonds is 6. The molecule has 1 aliphatic rings. The molecule has 0 spiro atoms. The van der Waals surface area contributed by atoms with Crippen LogP contribution >= 0.6 is 0 Å². The Kier molecular flexibility index (Phi) is 4.87. The fraction of sp³-hybridized carbons (Fsp3) is 0.400. The van der Waals surface area contributed by atoms with Gasteiger partial charge >= 0.3 is 0 Å². The average molecular weight is 310 g/mol. The van der Waals surface area contributed by atoms with Crippen LogP contribution < -0.4 is 15.4 Å². The summed E-state index contributed by atoms with van der Waals surface area (Å²) in [6, 6.07) is 17.7. The minimum atomic E-state index is 0.179. The molecule has 1 heterocycles. The molecule has 3 nitrogen and oxygen atoms in total. The van der Waals surface area contributed by atoms with Gasteiger partial charge in [0.1, 0.15) is 5.75 Å². The zero-order valence-electron chi connectivity index (χ0n) is 14.0. The fourth-order valence-electron chi connectivity index (χ4n) is 3.51. The first-order valence-corrected chi connectivity index (χ1v) is 8.53. The Hall–Kier alpha value is -2.00. The molecule has 1 aliphatic heterocycles. The minimum Gasteiger partial charge on any atom is -0.494 e. The molecule has 0 aliphatic carbocycles. The van der Waals surface area contributed by atoms with Gasteiger partial charge in [0.05, 0.1) is 12.6 Å². The maximum absolute atomic E-state index is 6.17. The number of para-hydroxylation sites is 1. The van der Waals surface area contributed by atoms with E-state index in [0.717, 1.165) is 25.2 Å². The van der Waals surface area contributed by atoms with Gasteiger partial charge in [-0.1, -0.05) is 37.3 Å². The lowest BCUT2D eigenvalue weighted by molar-refractivity contribution is 0.317. The van der Waals surface area contributed by atoms with Gasteiger partial charge < -0.3 is 15.4 Å². The number of nitrogens with two attached hydrogens (primary N) is 1. The largest absolute Gasteiger partial charge is 0.494 e. The van der Waals surface area contributed by atoms with Crippen LogP contribution in [-0.4, -0.2) is 19.2 Å². The molecule has 0 fully saturated rings. The minimum absolute atomic E-state index is 0.179. The first-order valence-electron chi connectivity index (χ1n) is 8.53. The lowest BCUT2D eigenvalue weighted by Crippen LogP contribution is -2.37. The molecule has 0 aromatic heterocycles. The smallest absolute Gasteiger partial charge is 0.119 e. The number of ether oxygens (including phenoxy) is 1. The van der Waals surface area contributed by atoms with Crippen LogP contribution in [0.15, 0.2) is 48.5 Å². The number of benzene rings is 2. The molecule has 3 heteroatoms. The highest BCUT2D eigenvalue weighted by atomic mass is 16.5. The van der Waals surface area contributed by atoms with E-state index in [9.17, 15) is 0 Å². The zero-order chi connectivity index (χ0) is 16.2. The quantitative estimate of drug-likeness (QED) is 0.878. The Bertz CT molecular complexity index is 656. The van der Waals surface area contributed by atoms with Crippen molar-refractivity contribution in [3.63, 3.8) is 0 Å². The maximum Gasteiger partial charge on any atom is 0.119 e. The normalized spacial score (nSPS) is 17.9. The number of hydrogen-bond acceptors (Lipinski definition) is 3. The number of nitrogens with zero attached hydrogens (tertiary/aromatic N) is 1. The summed E-state index contributed by atoms with van der Waals surface area (Å²) in [6.07, 6.45) is 2.10. The van der Waals surface area contributed by atoms with Crippen LogP contribution in [-0.2, 0) is 6.42 Å². The third-order valence-corrected chi connectivity index (χ3v) is 4.53. The molecule has 3 rings (SSSR count). The predicted molar refractivity (Wildman–Crippen MR) is 96.1 cm³/mol. The van der Waals surface area contributed by atoms with Crippen molar-refractivity contribution in [2.75, 3.05) is 18.1 Å². The standard InChI is InChI=1S/C20H26N2O/c1-3-11-23-18-9-6-8-17(13-18)20(14-21)22-15(2)12-16-7-4-5-10-19(16)22/h4-10,13,15,20H,3,11-12,14,21H2,1-2H3. The molecule has 2 aromatic rings. The highest BCUT2D eigenvalue weighted by Crippen LogP contribution is 2.38. The van der Waals surface area contributed by atoms with E-state index in [1.54, 1.807) is 0 Å². The molecule has 2 atom stereocenters. The van der Waals surface area contributed by atoms with Crippen LogP contribution in [0.2, 0.25) is 0 Å². The summed E-state index contributed by atoms with van der Waals surface area (Å²) in [5, 5.41) is 0. The van der Waals surface area contributed by atoms with E-state index >= 15 is 0 Å². The second-order valence-electron chi connectivity index (χ2n) is 6.26. The molecular formula is C20H26N2O. The Morgan fingerprint density at radius 3 is 2.83 bits per heavy atom. The molecule has 0 saturated carbocycles. The lowest BCUT2D eigenvalue weighted by atomic mass is 10.0. The second-order valence-corrected chi connectivity index (χ2v) is 6.26. The third kappa shape index (κ3) is 3.20. The third-order valence-electron chi connectivity index (χ3n) is 4.53. The van der Waals surface area contributed by atoms with E-state index in [-0.39, 0.29) is 6.04 Å². The van der Waals surface area contributed by atoms with E-state index in [4.69, 9.17) is 10.5 Å². The maximum atomic E-state index is 6.17. The topological polar surface area (TPSA) is 38.5 Å². The first-order chi connectivity index (χ1) is 11.2. The van der Waals surface area contributed by atoms with Crippen molar-refractivity contribution in [1.82, 2.24) is 0 Å². The van der Waals surface area contributed by atoms with E-state index in [1.807, 2.05) is 6.07 Å². The van der Waals surface area contributed by atoms with Gasteiger partial charge in [0.25, 0.3) is 0 Å². The van der Waals surface area contributed by atoms with Crippen molar-refractivity contribution in [2.24, 2.45) is 5.73 Å². The highest BCUT2D eigenvalue weighted by Gasteiger charge is 2.31. The zero-order valence-corrected chi connectivity index (χ0v) is 14.0. The van der Waals surface area contributed by atoms with E-state index in [2.05, 4.69) is 61.2 Å². The monoisotopic (exact) mass is 310 g/mol. The van der Waals surface area contributed by atoms with Gasteiger partial charge in [-0.05, 0) is 49.1 Å². The molecule has 23 heavy (non-hydrogen) atoms. The van der Waals surface area contributed by atoms with Crippen molar-refractivity contribution >= 4 is 5.69 Å². The summed E-state index contributed by atoms with van der Waals surface area (Å²) in [5.74, 6) is 0.933. The van der Waals surface area contributed by atoms with Crippen molar-refractivity contribution in [1.29, 1.82) is 0 Å². The SMILES string of the molecule is CCCOc1cccc(C(CN)N2c3ccccc3CC2C)c1. The van der Waals surface area contributed by atoms with E-state index in [0.29, 0.717) is 12.6 Å². The van der Waals surface area contributed by atoms with E-state index < -0.39 is 0 Å². The van der Waals surface area contributed by atoms with Gasteiger partial charge in [0.2, 0.25) is 0 Å². The summed E-state index contributed by atoms with van der Waals surface area (Å²) < 4.78 is 5.79. The first kappa shape index (κ1) is 15.9. The Balaban J connectivity index is 1.91. The molecule has 0 amide bonds. The van der Waals surface area contributed by atoms with Crippen LogP contribution in [0, 0.1) is 0 Å². The van der Waals surface area contributed by atoms with Gasteiger partial charge in [0, 0.05) is 18.3 Å². The van der Waals surface area contributed by atoms with Crippen LogP contribution in [0.1, 0.15) is 37.4 Å². The summed E-state index contributed by atoms with van der Waals surface area (Å²) in [7, 11) is 0. The molecular weight excluding hydrogens is 284 g/mol. The Labute approximate surface area is 139 Å². The van der Waals surface area contributed by atoms with E-state index in [1.165, 1.54) is 16.8 Å². The van der Waals surface area contributed by atoms with Gasteiger partial charge in [-0.2, -0.15) is 0 Å². The molecule has 2 unspecified atom stereocenters. The molecule has 122 valence electrons. The van der Waals surface area contributed by atoms with Crippen molar-refractivity contribution in [3.05, 3.63) is 59.7 Å². The predicted octanol–water partition coefficient (Wildman–Crippen LogP) is 3.93. The average Bonchev–Trinajstić information content (AvgIpc) is 2.91. The summed E-state index contributed by atoms with van der Waals surface area (Å²) in [5.41, 5.74) is 10.1. The number of hydrogen-bond donors (Lipinski definition) is 1. The van der Waals surface area contributed by atoms with Gasteiger partial charge in [-0.3, -0.25) is 0 Å². The number of fused-ring (bicyclic) bond motifs is 1. The molecule has 0 radical (unpaired) electrons. The van der Waals surface area contributed by atoms with Crippen LogP contribution in [0.25, 0.3) is 0 Å². The van der Waals surface area contributed by atoms with Crippen molar-refractivity contribution in [3.8, 4) is 5.75 Å². The second kappa shape index (κ2) is 7.05. The van der Waals surface area contributed by atoms with Gasteiger partial charge in [0.15, 0.2) is 0 Å². The summed E-state index contributed by atoms with van der Waals surface area (Å²) in [6.45, 7) is 5.74. The van der Waals surface area contributed by atoms with Gasteiger partial charge in [-0.15, -0.1) is 0 Å². The Morgan fingerprint density at radius 1 is 1.22 bits per heavy atom. The van der Waals surface area contributed by atoms with Gasteiger partial charge in [-0.25, -0.2) is 0 Å². The molecule has 2 aromatic carbocycles. The highest BCUT2D eigenvalue weighted by molar-refractivity contribution is 5.61. The summed E-state index contributed by atoms with van der Waals surface area (Å²) >= 11 is 0.